The van der Waals surface area contributed by atoms with Crippen LogP contribution in [0.5, 0.6) is 0 Å². The van der Waals surface area contributed by atoms with Crippen molar-refractivity contribution >= 4 is 0 Å². The first-order chi connectivity index (χ1) is 6.08. The van der Waals surface area contributed by atoms with E-state index in [1.807, 2.05) is 19.9 Å². The molecule has 1 unspecified atom stereocenters. The second-order valence-corrected chi connectivity index (χ2v) is 3.54. The predicted octanol–water partition coefficient (Wildman–Crippen LogP) is 1.21. The highest BCUT2D eigenvalue weighted by Crippen LogP contribution is 2.20. The highest BCUT2D eigenvalue weighted by Gasteiger charge is 2.22. The first-order valence-corrected chi connectivity index (χ1v) is 4.27. The molecule has 0 aromatic carbocycles. The first-order valence-electron chi connectivity index (χ1n) is 4.27. The van der Waals surface area contributed by atoms with Crippen molar-refractivity contribution in [2.45, 2.75) is 19.4 Å². The Bertz CT molecular complexity index is 284. The average molecular weight is 180 g/mol. The molecule has 0 fully saturated rings. The lowest BCUT2D eigenvalue weighted by Gasteiger charge is -2.25. The molecule has 0 aliphatic rings. The molecule has 13 heavy (non-hydrogen) atoms. The molecule has 1 aromatic heterocycles. The molecule has 3 nitrogen and oxygen atoms in total. The van der Waals surface area contributed by atoms with Crippen LogP contribution in [0.3, 0.4) is 0 Å². The minimum absolute atomic E-state index is 0.451. The van der Waals surface area contributed by atoms with Crippen molar-refractivity contribution in [3.05, 3.63) is 29.6 Å². The Balaban J connectivity index is 2.99. The van der Waals surface area contributed by atoms with Crippen LogP contribution in [0.1, 0.15) is 18.1 Å². The van der Waals surface area contributed by atoms with Crippen LogP contribution in [-0.2, 0) is 10.3 Å². The maximum atomic E-state index is 6.08. The smallest absolute Gasteiger partial charge is 0.0682 e. The lowest BCUT2D eigenvalue weighted by atomic mass is 9.92. The number of hydrogen-bond donors (Lipinski definition) is 1. The van der Waals surface area contributed by atoms with Gasteiger partial charge < -0.3 is 10.5 Å². The van der Waals surface area contributed by atoms with Crippen molar-refractivity contribution in [3.63, 3.8) is 0 Å². The van der Waals surface area contributed by atoms with Gasteiger partial charge in [-0.1, -0.05) is 0 Å². The summed E-state index contributed by atoms with van der Waals surface area (Å²) in [5, 5.41) is 0. The van der Waals surface area contributed by atoms with Crippen LogP contribution in [-0.4, -0.2) is 18.7 Å². The van der Waals surface area contributed by atoms with E-state index in [0.717, 1.165) is 11.1 Å². The Morgan fingerprint density at radius 2 is 2.31 bits per heavy atom. The Hall–Kier alpha value is -0.930. The third-order valence-corrected chi connectivity index (χ3v) is 2.10. The molecule has 0 aliphatic carbocycles. The Morgan fingerprint density at radius 3 is 2.85 bits per heavy atom. The van der Waals surface area contributed by atoms with Crippen molar-refractivity contribution in [1.29, 1.82) is 0 Å². The first kappa shape index (κ1) is 10.2. The van der Waals surface area contributed by atoms with Gasteiger partial charge >= 0.3 is 0 Å². The molecule has 0 aliphatic heterocycles. The van der Waals surface area contributed by atoms with E-state index >= 15 is 0 Å². The fourth-order valence-corrected chi connectivity index (χ4v) is 1.44. The molecular weight excluding hydrogens is 164 g/mol. The summed E-state index contributed by atoms with van der Waals surface area (Å²) in [6.07, 6.45) is 3.57. The molecule has 0 bridgehead atoms. The van der Waals surface area contributed by atoms with Crippen molar-refractivity contribution in [2.24, 2.45) is 5.73 Å². The number of nitrogens with two attached hydrogens (primary N) is 1. The molecule has 1 atom stereocenters. The van der Waals surface area contributed by atoms with Crippen LogP contribution in [0.25, 0.3) is 0 Å². The fourth-order valence-electron chi connectivity index (χ4n) is 1.44. The predicted molar refractivity (Wildman–Crippen MR) is 52.4 cm³/mol. The Labute approximate surface area is 78.9 Å². The lowest BCUT2D eigenvalue weighted by Crippen LogP contribution is -2.38. The zero-order chi connectivity index (χ0) is 9.90. The average Bonchev–Trinajstić information content (AvgIpc) is 2.04. The van der Waals surface area contributed by atoms with Gasteiger partial charge in [0, 0.05) is 19.5 Å². The van der Waals surface area contributed by atoms with Gasteiger partial charge in [0.25, 0.3) is 0 Å². The van der Waals surface area contributed by atoms with Gasteiger partial charge in [-0.3, -0.25) is 4.98 Å². The standard InChI is InChI=1S/C10H16N2O/c1-8-4-5-12-6-9(8)10(2,11)7-13-3/h4-6H,7,11H2,1-3H3. The topological polar surface area (TPSA) is 48.1 Å². The number of nitrogens with zero attached hydrogens (tertiary/aromatic N) is 1. The Kier molecular flexibility index (Phi) is 3.01. The number of rotatable bonds is 3. The largest absolute Gasteiger partial charge is 0.382 e. The van der Waals surface area contributed by atoms with Gasteiger partial charge in [0.1, 0.15) is 0 Å². The van der Waals surface area contributed by atoms with Gasteiger partial charge in [0.15, 0.2) is 0 Å². The third kappa shape index (κ3) is 2.26. The second-order valence-electron chi connectivity index (χ2n) is 3.54. The summed E-state index contributed by atoms with van der Waals surface area (Å²) in [6, 6.07) is 1.95. The van der Waals surface area contributed by atoms with E-state index < -0.39 is 5.54 Å². The zero-order valence-electron chi connectivity index (χ0n) is 8.37. The van der Waals surface area contributed by atoms with Crippen molar-refractivity contribution in [2.75, 3.05) is 13.7 Å². The van der Waals surface area contributed by atoms with E-state index in [-0.39, 0.29) is 0 Å². The normalized spacial score (nSPS) is 15.4. The van der Waals surface area contributed by atoms with Crippen LogP contribution in [0.2, 0.25) is 0 Å². The molecule has 0 spiro atoms. The molecule has 3 heteroatoms. The monoisotopic (exact) mass is 180 g/mol. The number of aryl methyl sites for hydroxylation is 1. The minimum atomic E-state index is -0.451. The highest BCUT2D eigenvalue weighted by molar-refractivity contribution is 5.28. The zero-order valence-corrected chi connectivity index (χ0v) is 8.37. The summed E-state index contributed by atoms with van der Waals surface area (Å²) in [5.41, 5.74) is 7.82. The van der Waals surface area contributed by atoms with Crippen molar-refractivity contribution in [1.82, 2.24) is 4.98 Å². The Morgan fingerprint density at radius 1 is 1.62 bits per heavy atom. The third-order valence-electron chi connectivity index (χ3n) is 2.10. The number of pyridine rings is 1. The molecule has 0 amide bonds. The van der Waals surface area contributed by atoms with Crippen LogP contribution in [0.4, 0.5) is 0 Å². The van der Waals surface area contributed by atoms with Crippen LogP contribution in [0, 0.1) is 6.92 Å². The van der Waals surface area contributed by atoms with Crippen molar-refractivity contribution < 1.29 is 4.74 Å². The van der Waals surface area contributed by atoms with E-state index in [4.69, 9.17) is 10.5 Å². The van der Waals surface area contributed by atoms with Crippen LogP contribution >= 0.6 is 0 Å². The van der Waals surface area contributed by atoms with E-state index in [1.165, 1.54) is 0 Å². The molecule has 2 N–H and O–H groups in total. The van der Waals surface area contributed by atoms with Gasteiger partial charge in [-0.05, 0) is 31.0 Å². The molecule has 1 heterocycles. The number of hydrogen-bond acceptors (Lipinski definition) is 3. The SMILES string of the molecule is COCC(C)(N)c1cnccc1C. The number of aromatic nitrogens is 1. The lowest BCUT2D eigenvalue weighted by molar-refractivity contribution is 0.140. The summed E-state index contributed by atoms with van der Waals surface area (Å²) in [4.78, 5) is 4.06. The van der Waals surface area contributed by atoms with E-state index in [2.05, 4.69) is 4.98 Å². The summed E-state index contributed by atoms with van der Waals surface area (Å²) < 4.78 is 5.06. The van der Waals surface area contributed by atoms with Crippen molar-refractivity contribution in [3.8, 4) is 0 Å². The summed E-state index contributed by atoms with van der Waals surface area (Å²) in [5.74, 6) is 0. The fraction of sp³-hybridized carbons (Fsp3) is 0.500. The molecule has 0 saturated carbocycles. The van der Waals surface area contributed by atoms with Gasteiger partial charge in [0.2, 0.25) is 0 Å². The molecule has 0 radical (unpaired) electrons. The van der Waals surface area contributed by atoms with Gasteiger partial charge in [-0.15, -0.1) is 0 Å². The number of methoxy groups -OCH3 is 1. The van der Waals surface area contributed by atoms with Crippen LogP contribution in [0.15, 0.2) is 18.5 Å². The molecule has 0 saturated heterocycles. The van der Waals surface area contributed by atoms with Gasteiger partial charge in [-0.25, -0.2) is 0 Å². The van der Waals surface area contributed by atoms with E-state index in [1.54, 1.807) is 19.5 Å². The number of ether oxygens (including phenoxy) is 1. The second kappa shape index (κ2) is 3.85. The summed E-state index contributed by atoms with van der Waals surface area (Å²) in [6.45, 7) is 4.47. The van der Waals surface area contributed by atoms with Gasteiger partial charge in [-0.2, -0.15) is 0 Å². The van der Waals surface area contributed by atoms with Crippen LogP contribution < -0.4 is 5.73 Å². The van der Waals surface area contributed by atoms with E-state index in [0.29, 0.717) is 6.61 Å². The molecular formula is C10H16N2O. The summed E-state index contributed by atoms with van der Waals surface area (Å²) >= 11 is 0. The van der Waals surface area contributed by atoms with Gasteiger partial charge in [0.05, 0.1) is 12.1 Å². The maximum absolute atomic E-state index is 6.08. The minimum Gasteiger partial charge on any atom is -0.382 e. The maximum Gasteiger partial charge on any atom is 0.0682 e. The highest BCUT2D eigenvalue weighted by atomic mass is 16.5. The molecule has 72 valence electrons. The summed E-state index contributed by atoms with van der Waals surface area (Å²) in [7, 11) is 1.65. The molecule has 1 rings (SSSR count). The molecule has 1 aromatic rings. The quantitative estimate of drug-likeness (QED) is 0.760. The van der Waals surface area contributed by atoms with E-state index in [9.17, 15) is 0 Å².